The van der Waals surface area contributed by atoms with Gasteiger partial charge in [0.25, 0.3) is 0 Å². The fourth-order valence-corrected chi connectivity index (χ4v) is 3.00. The monoisotopic (exact) mass is 432 g/mol. The summed E-state index contributed by atoms with van der Waals surface area (Å²) in [5, 5.41) is 8.46. The van der Waals surface area contributed by atoms with Gasteiger partial charge < -0.3 is 14.6 Å². The molecular formula is C26H24O6. The van der Waals surface area contributed by atoms with E-state index in [9.17, 15) is 14.4 Å². The molecule has 1 aliphatic carbocycles. The average Bonchev–Trinajstić information content (AvgIpc) is 2.81. The zero-order chi connectivity index (χ0) is 23.5. The predicted octanol–water partition coefficient (Wildman–Crippen LogP) is 4.39. The van der Waals surface area contributed by atoms with E-state index in [-0.39, 0.29) is 17.5 Å². The molecule has 6 heteroatoms. The van der Waals surface area contributed by atoms with Crippen molar-refractivity contribution in [3.8, 4) is 11.5 Å². The van der Waals surface area contributed by atoms with Crippen LogP contribution in [0.15, 0.2) is 91.1 Å². The summed E-state index contributed by atoms with van der Waals surface area (Å²) >= 11 is 0. The number of methoxy groups -OCH3 is 2. The first-order valence-corrected chi connectivity index (χ1v) is 9.68. The van der Waals surface area contributed by atoms with Crippen molar-refractivity contribution in [2.75, 3.05) is 14.2 Å². The van der Waals surface area contributed by atoms with Crippen LogP contribution in [0, 0.1) is 0 Å². The van der Waals surface area contributed by atoms with Crippen LogP contribution in [0.4, 0.5) is 0 Å². The summed E-state index contributed by atoms with van der Waals surface area (Å²) in [6.45, 7) is 3.74. The molecule has 1 atom stereocenters. The first-order chi connectivity index (χ1) is 15.4. The molecule has 0 spiro atoms. The number of carboxylic acid groups (broad SMARTS) is 1. The van der Waals surface area contributed by atoms with Gasteiger partial charge in [0.1, 0.15) is 0 Å². The van der Waals surface area contributed by atoms with Crippen molar-refractivity contribution >= 4 is 23.6 Å². The molecule has 3 rings (SSSR count). The number of ketones is 2. The Morgan fingerprint density at radius 3 is 2.28 bits per heavy atom. The Bertz CT molecular complexity index is 1080. The number of benzene rings is 2. The molecule has 6 nitrogen and oxygen atoms in total. The van der Waals surface area contributed by atoms with E-state index >= 15 is 0 Å². The van der Waals surface area contributed by atoms with Gasteiger partial charge in [-0.2, -0.15) is 0 Å². The number of rotatable bonds is 7. The second-order valence-electron chi connectivity index (χ2n) is 6.61. The number of carboxylic acids is 1. The van der Waals surface area contributed by atoms with E-state index in [1.165, 1.54) is 31.4 Å². The van der Waals surface area contributed by atoms with Gasteiger partial charge in [-0.15, -0.1) is 6.58 Å². The highest BCUT2D eigenvalue weighted by Gasteiger charge is 2.21. The van der Waals surface area contributed by atoms with Gasteiger partial charge in [-0.05, 0) is 47.6 Å². The van der Waals surface area contributed by atoms with Gasteiger partial charge in [-0.1, -0.05) is 42.5 Å². The fourth-order valence-electron chi connectivity index (χ4n) is 3.00. The average molecular weight is 432 g/mol. The number of ether oxygens (including phenoxy) is 2. The minimum atomic E-state index is -0.982. The molecule has 0 bridgehead atoms. The lowest BCUT2D eigenvalue weighted by atomic mass is 9.86. The first-order valence-electron chi connectivity index (χ1n) is 9.68. The number of allylic oxidation sites excluding steroid dienone is 5. The minimum Gasteiger partial charge on any atom is -0.493 e. The highest BCUT2D eigenvalue weighted by atomic mass is 16.5. The maximum atomic E-state index is 11.8. The van der Waals surface area contributed by atoms with Gasteiger partial charge in [0.05, 0.1) is 14.2 Å². The Labute approximate surface area is 186 Å². The maximum absolute atomic E-state index is 11.8. The summed E-state index contributed by atoms with van der Waals surface area (Å²) in [4.78, 5) is 33.4. The highest BCUT2D eigenvalue weighted by Crippen LogP contribution is 2.28. The zero-order valence-electron chi connectivity index (χ0n) is 17.9. The van der Waals surface area contributed by atoms with Crippen LogP contribution in [0.5, 0.6) is 11.5 Å². The molecule has 1 N–H and O–H groups in total. The van der Waals surface area contributed by atoms with Crippen molar-refractivity contribution in [3.05, 3.63) is 102 Å². The largest absolute Gasteiger partial charge is 0.493 e. The Morgan fingerprint density at radius 1 is 1.00 bits per heavy atom. The van der Waals surface area contributed by atoms with Crippen LogP contribution >= 0.6 is 0 Å². The summed E-state index contributed by atoms with van der Waals surface area (Å²) in [6, 6.07) is 14.7. The second-order valence-corrected chi connectivity index (χ2v) is 6.61. The number of carbonyl (C=O) groups is 3. The molecule has 0 amide bonds. The SMILES string of the molecule is C=CC(C1=CC(=O)C=CC1=O)c1ccccc1.COc1ccc(C=CC(=O)O)cc1OC. The summed E-state index contributed by atoms with van der Waals surface area (Å²) in [6.07, 6.45) is 8.24. The zero-order valence-corrected chi connectivity index (χ0v) is 17.9. The number of carbonyl (C=O) groups excluding carboxylic acids is 2. The third kappa shape index (κ3) is 6.67. The van der Waals surface area contributed by atoms with Gasteiger partial charge in [0.15, 0.2) is 23.1 Å². The van der Waals surface area contributed by atoms with E-state index in [2.05, 4.69) is 6.58 Å². The second kappa shape index (κ2) is 11.9. The molecule has 0 saturated carbocycles. The predicted molar refractivity (Wildman–Crippen MR) is 123 cm³/mol. The summed E-state index contributed by atoms with van der Waals surface area (Å²) < 4.78 is 10.1. The van der Waals surface area contributed by atoms with E-state index in [0.29, 0.717) is 17.1 Å². The van der Waals surface area contributed by atoms with Crippen molar-refractivity contribution in [2.24, 2.45) is 0 Å². The molecule has 0 fully saturated rings. The van der Waals surface area contributed by atoms with E-state index in [1.807, 2.05) is 30.3 Å². The highest BCUT2D eigenvalue weighted by molar-refractivity contribution is 6.18. The van der Waals surface area contributed by atoms with Crippen LogP contribution in [-0.4, -0.2) is 36.9 Å². The lowest BCUT2D eigenvalue weighted by Gasteiger charge is -2.16. The van der Waals surface area contributed by atoms with Crippen LogP contribution in [0.3, 0.4) is 0 Å². The van der Waals surface area contributed by atoms with Crippen molar-refractivity contribution in [1.29, 1.82) is 0 Å². The van der Waals surface area contributed by atoms with Crippen LogP contribution in [0.1, 0.15) is 17.0 Å². The molecule has 2 aromatic rings. The van der Waals surface area contributed by atoms with E-state index < -0.39 is 5.97 Å². The molecule has 0 radical (unpaired) electrons. The number of aliphatic carboxylic acids is 1. The van der Waals surface area contributed by atoms with Crippen molar-refractivity contribution in [3.63, 3.8) is 0 Å². The smallest absolute Gasteiger partial charge is 0.328 e. The normalized spacial score (nSPS) is 13.6. The molecule has 2 aromatic carbocycles. The molecule has 0 aliphatic heterocycles. The van der Waals surface area contributed by atoms with Crippen LogP contribution < -0.4 is 9.47 Å². The van der Waals surface area contributed by atoms with Gasteiger partial charge in [-0.3, -0.25) is 9.59 Å². The van der Waals surface area contributed by atoms with Crippen LogP contribution in [0.2, 0.25) is 0 Å². The summed E-state index contributed by atoms with van der Waals surface area (Å²) in [5.41, 5.74) is 2.19. The molecule has 0 aromatic heterocycles. The van der Waals surface area contributed by atoms with Gasteiger partial charge in [0, 0.05) is 17.6 Å². The Hall–Kier alpha value is -4.19. The quantitative estimate of drug-likeness (QED) is 0.396. The summed E-state index contributed by atoms with van der Waals surface area (Å²) in [5.74, 6) is -0.293. The fraction of sp³-hybridized carbons (Fsp3) is 0.115. The molecule has 32 heavy (non-hydrogen) atoms. The van der Waals surface area contributed by atoms with Crippen molar-refractivity contribution in [2.45, 2.75) is 5.92 Å². The Morgan fingerprint density at radius 2 is 1.69 bits per heavy atom. The lowest BCUT2D eigenvalue weighted by Crippen LogP contribution is -2.13. The molecular weight excluding hydrogens is 408 g/mol. The Balaban J connectivity index is 0.000000229. The molecule has 1 aliphatic rings. The van der Waals surface area contributed by atoms with Crippen LogP contribution in [-0.2, 0) is 14.4 Å². The minimum absolute atomic E-state index is 0.127. The van der Waals surface area contributed by atoms with Gasteiger partial charge >= 0.3 is 5.97 Å². The summed E-state index contributed by atoms with van der Waals surface area (Å²) in [7, 11) is 3.08. The molecule has 0 heterocycles. The lowest BCUT2D eigenvalue weighted by molar-refractivity contribution is -0.131. The topological polar surface area (TPSA) is 89.9 Å². The third-order valence-electron chi connectivity index (χ3n) is 4.54. The van der Waals surface area contributed by atoms with Crippen molar-refractivity contribution < 1.29 is 29.0 Å². The van der Waals surface area contributed by atoms with Crippen LogP contribution in [0.25, 0.3) is 6.08 Å². The number of hydrogen-bond acceptors (Lipinski definition) is 5. The molecule has 164 valence electrons. The maximum Gasteiger partial charge on any atom is 0.328 e. The Kier molecular flexibility index (Phi) is 8.92. The first kappa shape index (κ1) is 24.1. The van der Waals surface area contributed by atoms with Gasteiger partial charge in [0.2, 0.25) is 0 Å². The van der Waals surface area contributed by atoms with Gasteiger partial charge in [-0.25, -0.2) is 4.79 Å². The van der Waals surface area contributed by atoms with E-state index in [1.54, 1.807) is 31.4 Å². The number of hydrogen-bond donors (Lipinski definition) is 1. The van der Waals surface area contributed by atoms with Crippen molar-refractivity contribution in [1.82, 2.24) is 0 Å². The van der Waals surface area contributed by atoms with E-state index in [4.69, 9.17) is 14.6 Å². The molecule has 0 saturated heterocycles. The third-order valence-corrected chi connectivity index (χ3v) is 4.54. The van der Waals surface area contributed by atoms with E-state index in [0.717, 1.165) is 17.2 Å². The molecule has 1 unspecified atom stereocenters. The standard InChI is InChI=1S/C15H12O2.C11H12O4/c1-2-13(11-6-4-3-5-7-11)14-10-12(16)8-9-15(14)17;1-14-9-5-3-8(4-6-11(12)13)7-10(9)15-2/h2-10,13H,1H2;3-7H,1-2H3,(H,12,13).